The van der Waals surface area contributed by atoms with Gasteiger partial charge in [-0.2, -0.15) is 0 Å². The monoisotopic (exact) mass is 334 g/mol. The highest BCUT2D eigenvalue weighted by Gasteiger charge is 2.36. The van der Waals surface area contributed by atoms with Crippen molar-refractivity contribution in [3.63, 3.8) is 0 Å². The lowest BCUT2D eigenvalue weighted by molar-refractivity contribution is -0.138. The summed E-state index contributed by atoms with van der Waals surface area (Å²) in [6.07, 6.45) is 0.881. The first-order valence-corrected chi connectivity index (χ1v) is 8.30. The number of fused-ring (bicyclic) bond motifs is 1. The lowest BCUT2D eigenvalue weighted by Crippen LogP contribution is -2.45. The van der Waals surface area contributed by atoms with E-state index in [1.807, 2.05) is 0 Å². The van der Waals surface area contributed by atoms with E-state index in [2.05, 4.69) is 24.5 Å². The molecule has 1 aromatic carbocycles. The molecule has 1 heterocycles. The van der Waals surface area contributed by atoms with Crippen LogP contribution in [0.2, 0.25) is 0 Å². The molecule has 0 unspecified atom stereocenters. The van der Waals surface area contributed by atoms with Crippen molar-refractivity contribution in [1.29, 1.82) is 0 Å². The minimum atomic E-state index is -1.16. The summed E-state index contributed by atoms with van der Waals surface area (Å²) in [6, 6.07) is 5.19. The summed E-state index contributed by atoms with van der Waals surface area (Å²) in [4.78, 5) is 24.8. The third kappa shape index (κ3) is 4.40. The summed E-state index contributed by atoms with van der Waals surface area (Å²) in [5, 5.41) is 5.60. The van der Waals surface area contributed by atoms with Gasteiger partial charge >= 0.3 is 0 Å². The number of carbonyl (C=O) groups excluding carboxylic acids is 2. The van der Waals surface area contributed by atoms with Gasteiger partial charge < -0.3 is 20.1 Å². The molecule has 0 bridgehead atoms. The molecule has 2 N–H and O–H groups in total. The summed E-state index contributed by atoms with van der Waals surface area (Å²) in [7, 11) is 0. The van der Waals surface area contributed by atoms with Crippen LogP contribution < -0.4 is 20.1 Å². The Morgan fingerprint density at radius 2 is 1.79 bits per heavy atom. The van der Waals surface area contributed by atoms with Crippen molar-refractivity contribution in [2.75, 3.05) is 25.1 Å². The Bertz CT molecular complexity index is 611. The molecule has 2 amide bonds. The molecule has 0 saturated carbocycles. The second-order valence-corrected chi connectivity index (χ2v) is 6.88. The van der Waals surface area contributed by atoms with Crippen LogP contribution in [0.1, 0.15) is 34.1 Å². The number of benzene rings is 1. The third-order valence-corrected chi connectivity index (χ3v) is 3.94. The highest BCUT2D eigenvalue weighted by atomic mass is 16.6. The summed E-state index contributed by atoms with van der Waals surface area (Å²) < 4.78 is 10.9. The highest BCUT2D eigenvalue weighted by molar-refractivity contribution is 6.09. The molecule has 6 heteroatoms. The molecule has 24 heavy (non-hydrogen) atoms. The largest absolute Gasteiger partial charge is 0.486 e. The standard InChI is InChI=1S/C18H26N2O4/c1-12(2)7-8-19-16(21)18(3,4)17(22)20-13-5-6-14-15(11-13)24-10-9-23-14/h5-6,11-12H,7-10H2,1-4H3,(H,19,21)(H,20,22). The van der Waals surface area contributed by atoms with Gasteiger partial charge in [-0.3, -0.25) is 9.59 Å². The normalized spacial score (nSPS) is 13.5. The topological polar surface area (TPSA) is 76.7 Å². The Labute approximate surface area is 142 Å². The second-order valence-electron chi connectivity index (χ2n) is 6.88. The molecule has 0 aromatic heterocycles. The van der Waals surface area contributed by atoms with Crippen molar-refractivity contribution in [3.05, 3.63) is 18.2 Å². The molecule has 132 valence electrons. The predicted octanol–water partition coefficient (Wildman–Crippen LogP) is 2.58. The summed E-state index contributed by atoms with van der Waals surface area (Å²) in [5.74, 6) is 1.11. The van der Waals surface area contributed by atoms with E-state index in [0.717, 1.165) is 6.42 Å². The molecule has 0 aliphatic carbocycles. The number of nitrogens with one attached hydrogen (secondary N) is 2. The van der Waals surface area contributed by atoms with Gasteiger partial charge in [0.25, 0.3) is 0 Å². The van der Waals surface area contributed by atoms with Gasteiger partial charge in [0.15, 0.2) is 11.5 Å². The number of rotatable bonds is 6. The average Bonchev–Trinajstić information content (AvgIpc) is 2.54. The Balaban J connectivity index is 1.98. The van der Waals surface area contributed by atoms with Crippen molar-refractivity contribution < 1.29 is 19.1 Å². The van der Waals surface area contributed by atoms with E-state index >= 15 is 0 Å². The lowest BCUT2D eigenvalue weighted by Gasteiger charge is -2.24. The summed E-state index contributed by atoms with van der Waals surface area (Å²) in [6.45, 7) is 8.97. The fourth-order valence-electron chi connectivity index (χ4n) is 2.21. The van der Waals surface area contributed by atoms with E-state index in [-0.39, 0.29) is 11.8 Å². The predicted molar refractivity (Wildman–Crippen MR) is 92.3 cm³/mol. The molecule has 0 atom stereocenters. The molecule has 0 radical (unpaired) electrons. The maximum Gasteiger partial charge on any atom is 0.239 e. The fourth-order valence-corrected chi connectivity index (χ4v) is 2.21. The number of amides is 2. The Morgan fingerprint density at radius 3 is 2.46 bits per heavy atom. The highest BCUT2D eigenvalue weighted by Crippen LogP contribution is 2.33. The van der Waals surface area contributed by atoms with Gasteiger partial charge in [-0.05, 0) is 38.3 Å². The number of anilines is 1. The molecule has 0 fully saturated rings. The van der Waals surface area contributed by atoms with Crippen LogP contribution in [-0.2, 0) is 9.59 Å². The van der Waals surface area contributed by atoms with Gasteiger partial charge in [0.05, 0.1) is 0 Å². The van der Waals surface area contributed by atoms with Crippen molar-refractivity contribution in [3.8, 4) is 11.5 Å². The van der Waals surface area contributed by atoms with Crippen LogP contribution in [0, 0.1) is 11.3 Å². The van der Waals surface area contributed by atoms with Crippen molar-refractivity contribution >= 4 is 17.5 Å². The summed E-state index contributed by atoms with van der Waals surface area (Å²) >= 11 is 0. The van der Waals surface area contributed by atoms with Gasteiger partial charge in [0.2, 0.25) is 11.8 Å². The second kappa shape index (κ2) is 7.55. The Kier molecular flexibility index (Phi) is 5.70. The van der Waals surface area contributed by atoms with Crippen molar-refractivity contribution in [2.45, 2.75) is 34.1 Å². The summed E-state index contributed by atoms with van der Waals surface area (Å²) in [5.41, 5.74) is -0.586. The van der Waals surface area contributed by atoms with E-state index < -0.39 is 5.41 Å². The van der Waals surface area contributed by atoms with Gasteiger partial charge in [-0.1, -0.05) is 13.8 Å². The Hall–Kier alpha value is -2.24. The van der Waals surface area contributed by atoms with Crippen LogP contribution in [0.5, 0.6) is 11.5 Å². The quantitative estimate of drug-likeness (QED) is 0.784. The smallest absolute Gasteiger partial charge is 0.239 e. The zero-order valence-electron chi connectivity index (χ0n) is 14.8. The SMILES string of the molecule is CC(C)CCNC(=O)C(C)(C)C(=O)Nc1ccc2c(c1)OCCO2. The van der Waals surface area contributed by atoms with Gasteiger partial charge in [0.1, 0.15) is 18.6 Å². The molecule has 1 aromatic rings. The minimum absolute atomic E-state index is 0.279. The molecular formula is C18H26N2O4. The minimum Gasteiger partial charge on any atom is -0.486 e. The van der Waals surface area contributed by atoms with Gasteiger partial charge in [0, 0.05) is 18.3 Å². The van der Waals surface area contributed by atoms with Gasteiger partial charge in [-0.25, -0.2) is 0 Å². The zero-order chi connectivity index (χ0) is 17.7. The van der Waals surface area contributed by atoms with Crippen molar-refractivity contribution in [1.82, 2.24) is 5.32 Å². The van der Waals surface area contributed by atoms with Gasteiger partial charge in [-0.15, -0.1) is 0 Å². The Morgan fingerprint density at radius 1 is 1.12 bits per heavy atom. The third-order valence-electron chi connectivity index (χ3n) is 3.94. The molecule has 6 nitrogen and oxygen atoms in total. The van der Waals surface area contributed by atoms with Crippen LogP contribution in [0.4, 0.5) is 5.69 Å². The number of carbonyl (C=O) groups is 2. The maximum atomic E-state index is 12.5. The van der Waals surface area contributed by atoms with Crippen LogP contribution in [0.3, 0.4) is 0 Å². The molecule has 1 aliphatic rings. The maximum absolute atomic E-state index is 12.5. The fraction of sp³-hybridized carbons (Fsp3) is 0.556. The van der Waals surface area contributed by atoms with E-state index in [1.165, 1.54) is 0 Å². The number of hydrogen-bond donors (Lipinski definition) is 2. The molecule has 1 aliphatic heterocycles. The van der Waals surface area contributed by atoms with Crippen molar-refractivity contribution in [2.24, 2.45) is 11.3 Å². The van der Waals surface area contributed by atoms with Crippen LogP contribution in [0.15, 0.2) is 18.2 Å². The van der Waals surface area contributed by atoms with E-state index in [1.54, 1.807) is 32.0 Å². The van der Waals surface area contributed by atoms with Crippen LogP contribution in [-0.4, -0.2) is 31.6 Å². The van der Waals surface area contributed by atoms with Crippen LogP contribution >= 0.6 is 0 Å². The zero-order valence-corrected chi connectivity index (χ0v) is 14.8. The lowest BCUT2D eigenvalue weighted by atomic mass is 9.90. The molecule has 0 spiro atoms. The first kappa shape index (κ1) is 18.1. The molecule has 2 rings (SSSR count). The van der Waals surface area contributed by atoms with Crippen LogP contribution in [0.25, 0.3) is 0 Å². The average molecular weight is 334 g/mol. The van der Waals surface area contributed by atoms with E-state index in [9.17, 15) is 9.59 Å². The first-order valence-electron chi connectivity index (χ1n) is 8.30. The number of ether oxygens (including phenoxy) is 2. The van der Waals surface area contributed by atoms with E-state index in [4.69, 9.17) is 9.47 Å². The number of hydrogen-bond acceptors (Lipinski definition) is 4. The molecule has 0 saturated heterocycles. The first-order chi connectivity index (χ1) is 11.3. The van der Waals surface area contributed by atoms with E-state index in [0.29, 0.717) is 42.9 Å². The molecular weight excluding hydrogens is 308 g/mol.